The minimum absolute atomic E-state index is 0.677. The van der Waals surface area contributed by atoms with Crippen molar-refractivity contribution in [2.45, 2.75) is 13.8 Å². The molecule has 130 valence electrons. The van der Waals surface area contributed by atoms with Gasteiger partial charge in [-0.15, -0.1) is 0 Å². The molecule has 2 aromatic carbocycles. The van der Waals surface area contributed by atoms with E-state index in [1.165, 1.54) is 5.56 Å². The number of aromatic nitrogens is 2. The summed E-state index contributed by atoms with van der Waals surface area (Å²) in [7, 11) is 0. The van der Waals surface area contributed by atoms with Crippen LogP contribution in [0.25, 0.3) is 44.5 Å². The van der Waals surface area contributed by atoms with Crippen LogP contribution in [-0.4, -0.2) is 9.97 Å². The third-order valence-electron chi connectivity index (χ3n) is 4.98. The molecule has 5 aromatic rings. The molecule has 5 rings (SSSR count). The van der Waals surface area contributed by atoms with Crippen LogP contribution in [0.4, 0.5) is 0 Å². The highest BCUT2D eigenvalue weighted by Gasteiger charge is 2.16. The van der Waals surface area contributed by atoms with Gasteiger partial charge in [0.15, 0.2) is 0 Å². The molecule has 0 bridgehead atoms. The molecule has 0 N–H and O–H groups in total. The third kappa shape index (κ3) is 2.59. The molecule has 0 atom stereocenters. The lowest BCUT2D eigenvalue weighted by Gasteiger charge is -2.08. The van der Waals surface area contributed by atoms with Crippen LogP contribution < -0.4 is 0 Å². The van der Waals surface area contributed by atoms with E-state index < -0.39 is 0 Å². The van der Waals surface area contributed by atoms with Crippen LogP contribution in [0, 0.1) is 13.8 Å². The van der Waals surface area contributed by atoms with Crippen LogP contribution in [0.5, 0.6) is 0 Å². The van der Waals surface area contributed by atoms with Crippen molar-refractivity contribution in [2.75, 3.05) is 0 Å². The van der Waals surface area contributed by atoms with Gasteiger partial charge in [-0.3, -0.25) is 4.98 Å². The standard InChI is InChI=1S/C24H18N2O/c1-15-8-10-19-20-11-9-16(2)26-24(20)27-23(19)22(15)21-14-18(12-13-25-21)17-6-4-3-5-7-17/h3-14H,1-2H3. The first kappa shape index (κ1) is 15.8. The molecule has 3 nitrogen and oxygen atoms in total. The highest BCUT2D eigenvalue weighted by atomic mass is 16.3. The fraction of sp³-hybridized carbons (Fsp3) is 0.0833. The lowest BCUT2D eigenvalue weighted by atomic mass is 9.98. The molecule has 0 spiro atoms. The lowest BCUT2D eigenvalue weighted by molar-refractivity contribution is 0.653. The van der Waals surface area contributed by atoms with Gasteiger partial charge in [-0.25, -0.2) is 4.98 Å². The maximum absolute atomic E-state index is 6.19. The molecule has 0 amide bonds. The van der Waals surface area contributed by atoms with E-state index >= 15 is 0 Å². The van der Waals surface area contributed by atoms with Crippen LogP contribution in [-0.2, 0) is 0 Å². The molecule has 3 heteroatoms. The Morgan fingerprint density at radius 3 is 2.44 bits per heavy atom. The van der Waals surface area contributed by atoms with E-state index in [1.54, 1.807) is 0 Å². The molecule has 0 saturated carbocycles. The molecule has 0 fully saturated rings. The fourth-order valence-electron chi connectivity index (χ4n) is 3.61. The highest BCUT2D eigenvalue weighted by Crippen LogP contribution is 2.37. The minimum Gasteiger partial charge on any atom is -0.437 e. The van der Waals surface area contributed by atoms with Gasteiger partial charge < -0.3 is 4.42 Å². The van der Waals surface area contributed by atoms with Crippen molar-refractivity contribution < 1.29 is 4.42 Å². The molecule has 0 aliphatic heterocycles. The van der Waals surface area contributed by atoms with Gasteiger partial charge in [0.1, 0.15) is 5.58 Å². The van der Waals surface area contributed by atoms with Gasteiger partial charge in [-0.05, 0) is 54.8 Å². The summed E-state index contributed by atoms with van der Waals surface area (Å²) < 4.78 is 6.19. The monoisotopic (exact) mass is 350 g/mol. The molecule has 3 heterocycles. The Balaban J connectivity index is 1.78. The van der Waals surface area contributed by atoms with Crippen LogP contribution in [0.15, 0.2) is 77.3 Å². The topological polar surface area (TPSA) is 38.9 Å². The van der Waals surface area contributed by atoms with Gasteiger partial charge in [0.05, 0.1) is 5.69 Å². The Labute approximate surface area is 157 Å². The Bertz CT molecular complexity index is 1290. The predicted molar refractivity (Wildman–Crippen MR) is 110 cm³/mol. The van der Waals surface area contributed by atoms with Crippen molar-refractivity contribution >= 4 is 22.1 Å². The Hall–Kier alpha value is -3.46. The van der Waals surface area contributed by atoms with E-state index in [0.29, 0.717) is 5.71 Å². The van der Waals surface area contributed by atoms with E-state index in [0.717, 1.165) is 44.4 Å². The first-order valence-corrected chi connectivity index (χ1v) is 9.02. The second kappa shape index (κ2) is 6.06. The van der Waals surface area contributed by atoms with E-state index in [4.69, 9.17) is 4.42 Å². The quantitative estimate of drug-likeness (QED) is 0.373. The Kier molecular flexibility index (Phi) is 3.54. The zero-order valence-corrected chi connectivity index (χ0v) is 15.2. The summed E-state index contributed by atoms with van der Waals surface area (Å²) in [6, 6.07) is 22.9. The van der Waals surface area contributed by atoms with E-state index in [-0.39, 0.29) is 0 Å². The van der Waals surface area contributed by atoms with Crippen molar-refractivity contribution in [3.8, 4) is 22.4 Å². The average molecular weight is 350 g/mol. The number of hydrogen-bond acceptors (Lipinski definition) is 3. The van der Waals surface area contributed by atoms with E-state index in [9.17, 15) is 0 Å². The number of hydrogen-bond donors (Lipinski definition) is 0. The van der Waals surface area contributed by atoms with Crippen molar-refractivity contribution in [3.63, 3.8) is 0 Å². The summed E-state index contributed by atoms with van der Waals surface area (Å²) in [6.07, 6.45) is 1.86. The van der Waals surface area contributed by atoms with Crippen molar-refractivity contribution in [3.05, 3.63) is 84.2 Å². The van der Waals surface area contributed by atoms with Crippen molar-refractivity contribution in [1.82, 2.24) is 9.97 Å². The summed E-state index contributed by atoms with van der Waals surface area (Å²) in [6.45, 7) is 4.07. The van der Waals surface area contributed by atoms with Gasteiger partial charge in [0.2, 0.25) is 5.71 Å². The first-order chi connectivity index (χ1) is 13.2. The van der Waals surface area contributed by atoms with Gasteiger partial charge in [0.25, 0.3) is 0 Å². The Morgan fingerprint density at radius 2 is 1.59 bits per heavy atom. The van der Waals surface area contributed by atoms with E-state index in [1.807, 2.05) is 31.3 Å². The van der Waals surface area contributed by atoms with Gasteiger partial charge in [-0.2, -0.15) is 0 Å². The minimum atomic E-state index is 0.677. The van der Waals surface area contributed by atoms with Crippen molar-refractivity contribution in [2.24, 2.45) is 0 Å². The number of aryl methyl sites for hydroxylation is 2. The predicted octanol–water partition coefficient (Wildman–Crippen LogP) is 6.33. The summed E-state index contributed by atoms with van der Waals surface area (Å²) >= 11 is 0. The molecule has 27 heavy (non-hydrogen) atoms. The zero-order chi connectivity index (χ0) is 18.4. The average Bonchev–Trinajstić information content (AvgIpc) is 3.06. The SMILES string of the molecule is Cc1ccc2c(n1)oc1c(-c3cc(-c4ccccc4)ccn3)c(C)ccc12. The van der Waals surface area contributed by atoms with Gasteiger partial charge >= 0.3 is 0 Å². The summed E-state index contributed by atoms with van der Waals surface area (Å²) in [5.41, 5.74) is 7.86. The largest absolute Gasteiger partial charge is 0.437 e. The summed E-state index contributed by atoms with van der Waals surface area (Å²) in [5.74, 6) is 0. The molecular formula is C24H18N2O. The molecule has 0 radical (unpaired) electrons. The number of pyridine rings is 2. The molecule has 3 aromatic heterocycles. The maximum Gasteiger partial charge on any atom is 0.227 e. The Morgan fingerprint density at radius 1 is 0.778 bits per heavy atom. The van der Waals surface area contributed by atoms with E-state index in [2.05, 4.69) is 65.4 Å². The number of benzene rings is 2. The lowest BCUT2D eigenvalue weighted by Crippen LogP contribution is -1.89. The number of rotatable bonds is 2. The number of nitrogens with zero attached hydrogens (tertiary/aromatic N) is 2. The maximum atomic E-state index is 6.19. The summed E-state index contributed by atoms with van der Waals surface area (Å²) in [5, 5.41) is 2.11. The molecule has 0 saturated heterocycles. The van der Waals surface area contributed by atoms with Crippen LogP contribution >= 0.6 is 0 Å². The molecule has 0 aliphatic carbocycles. The van der Waals surface area contributed by atoms with Crippen LogP contribution in [0.3, 0.4) is 0 Å². The van der Waals surface area contributed by atoms with Gasteiger partial charge in [-0.1, -0.05) is 42.5 Å². The number of fused-ring (bicyclic) bond motifs is 3. The second-order valence-corrected chi connectivity index (χ2v) is 6.84. The third-order valence-corrected chi connectivity index (χ3v) is 4.98. The van der Waals surface area contributed by atoms with Crippen LogP contribution in [0.1, 0.15) is 11.3 Å². The number of furan rings is 1. The first-order valence-electron chi connectivity index (χ1n) is 9.02. The van der Waals surface area contributed by atoms with Crippen LogP contribution in [0.2, 0.25) is 0 Å². The molecule has 0 unspecified atom stereocenters. The fourth-order valence-corrected chi connectivity index (χ4v) is 3.61. The zero-order valence-electron chi connectivity index (χ0n) is 15.2. The second-order valence-electron chi connectivity index (χ2n) is 6.84. The normalized spacial score (nSPS) is 11.3. The summed E-state index contributed by atoms with van der Waals surface area (Å²) in [4.78, 5) is 9.21. The van der Waals surface area contributed by atoms with Crippen molar-refractivity contribution in [1.29, 1.82) is 0 Å². The molecule has 0 aliphatic rings. The van der Waals surface area contributed by atoms with Gasteiger partial charge in [0, 0.05) is 28.2 Å². The highest BCUT2D eigenvalue weighted by molar-refractivity contribution is 6.09. The smallest absolute Gasteiger partial charge is 0.227 e. The molecular weight excluding hydrogens is 332 g/mol.